The predicted octanol–water partition coefficient (Wildman–Crippen LogP) is 5.57. The number of aldehydes is 1. The highest BCUT2D eigenvalue weighted by atomic mass is 35.5. The molecular weight excluding hydrogens is 421 g/mol. The summed E-state index contributed by atoms with van der Waals surface area (Å²) < 4.78 is 4.83. The van der Waals surface area contributed by atoms with Crippen LogP contribution in [0, 0.1) is 0 Å². The Labute approximate surface area is 174 Å². The third-order valence-electron chi connectivity index (χ3n) is 3.96. The summed E-state index contributed by atoms with van der Waals surface area (Å²) in [6.45, 7) is 0. The molecule has 0 unspecified atom stereocenters. The van der Waals surface area contributed by atoms with Gasteiger partial charge in [0.2, 0.25) is 0 Å². The molecule has 3 aromatic rings. The highest BCUT2D eigenvalue weighted by Crippen LogP contribution is 2.31. The first-order chi connectivity index (χ1) is 13.4. The average Bonchev–Trinajstić information content (AvgIpc) is 3.16. The number of carbonyl (C=O) groups is 3. The van der Waals surface area contributed by atoms with E-state index in [-0.39, 0.29) is 21.8 Å². The van der Waals surface area contributed by atoms with Crippen molar-refractivity contribution in [2.75, 3.05) is 12.4 Å². The third-order valence-corrected chi connectivity index (χ3v) is 5.35. The van der Waals surface area contributed by atoms with Gasteiger partial charge in [-0.3, -0.25) is 9.59 Å². The van der Waals surface area contributed by atoms with Gasteiger partial charge in [0.15, 0.2) is 6.29 Å². The molecule has 1 amide bonds. The van der Waals surface area contributed by atoms with Crippen LogP contribution in [-0.2, 0) is 4.74 Å². The zero-order valence-electron chi connectivity index (χ0n) is 14.5. The van der Waals surface area contributed by atoms with Gasteiger partial charge in [-0.25, -0.2) is 4.79 Å². The van der Waals surface area contributed by atoms with Crippen LogP contribution in [0.2, 0.25) is 10.0 Å². The molecule has 2 aromatic carbocycles. The Balaban J connectivity index is 1.99. The number of anilines is 1. The number of thiophene rings is 1. The van der Waals surface area contributed by atoms with Crippen molar-refractivity contribution in [2.24, 2.45) is 0 Å². The van der Waals surface area contributed by atoms with Gasteiger partial charge in [-0.05, 0) is 47.3 Å². The molecule has 0 saturated carbocycles. The van der Waals surface area contributed by atoms with Gasteiger partial charge in [0.05, 0.1) is 33.8 Å². The summed E-state index contributed by atoms with van der Waals surface area (Å²) in [7, 11) is 1.25. The number of methoxy groups -OCH3 is 1. The Hall–Kier alpha value is -2.67. The van der Waals surface area contributed by atoms with Crippen LogP contribution >= 0.6 is 34.5 Å². The lowest BCUT2D eigenvalue weighted by molar-refractivity contribution is 0.0602. The molecule has 1 heterocycles. The quantitative estimate of drug-likeness (QED) is 0.421. The van der Waals surface area contributed by atoms with Crippen molar-refractivity contribution in [1.82, 2.24) is 0 Å². The van der Waals surface area contributed by atoms with E-state index in [0.29, 0.717) is 21.0 Å². The number of carbonyl (C=O) groups excluding carboxylic acids is 3. The Morgan fingerprint density at radius 1 is 1.07 bits per heavy atom. The highest BCUT2D eigenvalue weighted by Gasteiger charge is 2.18. The second-order valence-corrected chi connectivity index (χ2v) is 7.44. The van der Waals surface area contributed by atoms with Crippen LogP contribution in [0.4, 0.5) is 5.69 Å². The molecule has 0 bridgehead atoms. The minimum atomic E-state index is -0.623. The van der Waals surface area contributed by atoms with Gasteiger partial charge in [-0.15, -0.1) is 11.3 Å². The Morgan fingerprint density at radius 2 is 1.86 bits per heavy atom. The van der Waals surface area contributed by atoms with Crippen molar-refractivity contribution in [1.29, 1.82) is 0 Å². The minimum Gasteiger partial charge on any atom is -0.465 e. The van der Waals surface area contributed by atoms with Crippen molar-refractivity contribution in [3.8, 4) is 11.1 Å². The van der Waals surface area contributed by atoms with E-state index in [1.807, 2.05) is 0 Å². The van der Waals surface area contributed by atoms with Crippen molar-refractivity contribution >= 4 is 58.4 Å². The molecule has 0 spiro atoms. The first kappa shape index (κ1) is 20.1. The SMILES string of the molecule is COC(=O)c1cc(-c2ccsc2C=O)ccc1NC(=O)c1ccc(Cl)cc1Cl. The van der Waals surface area contributed by atoms with E-state index in [4.69, 9.17) is 27.9 Å². The van der Waals surface area contributed by atoms with Crippen molar-refractivity contribution in [2.45, 2.75) is 0 Å². The maximum atomic E-state index is 12.6. The number of nitrogens with one attached hydrogen (secondary N) is 1. The largest absolute Gasteiger partial charge is 0.465 e. The zero-order chi connectivity index (χ0) is 20.3. The molecule has 0 fully saturated rings. The van der Waals surface area contributed by atoms with E-state index in [0.717, 1.165) is 6.29 Å². The standard InChI is InChI=1S/C20H13Cl2NO4S/c1-27-20(26)15-8-11(13-6-7-28-18(13)10-24)2-5-17(15)23-19(25)14-4-3-12(21)9-16(14)22/h2-10H,1H3,(H,23,25). The third kappa shape index (κ3) is 4.09. The van der Waals surface area contributed by atoms with Crippen LogP contribution in [0.15, 0.2) is 47.8 Å². The molecule has 1 N–H and O–H groups in total. The van der Waals surface area contributed by atoms with E-state index >= 15 is 0 Å². The number of hydrogen-bond acceptors (Lipinski definition) is 5. The zero-order valence-corrected chi connectivity index (χ0v) is 16.8. The fraction of sp³-hybridized carbons (Fsp3) is 0.0500. The van der Waals surface area contributed by atoms with Crippen LogP contribution < -0.4 is 5.32 Å². The maximum Gasteiger partial charge on any atom is 0.339 e. The van der Waals surface area contributed by atoms with Gasteiger partial charge in [-0.2, -0.15) is 0 Å². The van der Waals surface area contributed by atoms with E-state index in [1.165, 1.54) is 30.6 Å². The molecule has 8 heteroatoms. The summed E-state index contributed by atoms with van der Waals surface area (Å²) in [5.41, 5.74) is 1.98. The van der Waals surface area contributed by atoms with Crippen molar-refractivity contribution in [3.63, 3.8) is 0 Å². The lowest BCUT2D eigenvalue weighted by Gasteiger charge is -2.12. The average molecular weight is 434 g/mol. The number of hydrogen-bond donors (Lipinski definition) is 1. The first-order valence-corrected chi connectivity index (χ1v) is 9.60. The van der Waals surface area contributed by atoms with Crippen LogP contribution in [0.1, 0.15) is 30.4 Å². The van der Waals surface area contributed by atoms with Crippen LogP contribution in [0.5, 0.6) is 0 Å². The van der Waals surface area contributed by atoms with Gasteiger partial charge in [-0.1, -0.05) is 29.3 Å². The van der Waals surface area contributed by atoms with Crippen LogP contribution in [0.25, 0.3) is 11.1 Å². The smallest absolute Gasteiger partial charge is 0.339 e. The van der Waals surface area contributed by atoms with Gasteiger partial charge < -0.3 is 10.1 Å². The fourth-order valence-electron chi connectivity index (χ4n) is 2.61. The Kier molecular flexibility index (Phi) is 6.14. The summed E-state index contributed by atoms with van der Waals surface area (Å²) in [4.78, 5) is 36.6. The number of esters is 1. The van der Waals surface area contributed by atoms with Gasteiger partial charge in [0.25, 0.3) is 5.91 Å². The second kappa shape index (κ2) is 8.56. The lowest BCUT2D eigenvalue weighted by Crippen LogP contribution is -2.16. The van der Waals surface area contributed by atoms with Crippen LogP contribution in [0.3, 0.4) is 0 Å². The lowest BCUT2D eigenvalue weighted by atomic mass is 10.0. The Bertz CT molecular complexity index is 1080. The molecule has 28 heavy (non-hydrogen) atoms. The maximum absolute atomic E-state index is 12.6. The number of halogens is 2. The number of benzene rings is 2. The number of amides is 1. The molecule has 0 saturated heterocycles. The number of rotatable bonds is 5. The summed E-state index contributed by atoms with van der Waals surface area (Å²) in [6.07, 6.45) is 0.760. The van der Waals surface area contributed by atoms with E-state index in [1.54, 1.807) is 35.7 Å². The van der Waals surface area contributed by atoms with Gasteiger partial charge in [0.1, 0.15) is 0 Å². The Morgan fingerprint density at radius 3 is 2.54 bits per heavy atom. The molecule has 0 aliphatic carbocycles. The fourth-order valence-corrected chi connectivity index (χ4v) is 3.83. The van der Waals surface area contributed by atoms with Crippen molar-refractivity contribution < 1.29 is 19.1 Å². The summed E-state index contributed by atoms with van der Waals surface area (Å²) in [5, 5.41) is 5.05. The molecule has 0 radical (unpaired) electrons. The normalized spacial score (nSPS) is 10.4. The predicted molar refractivity (Wildman–Crippen MR) is 111 cm³/mol. The van der Waals surface area contributed by atoms with Crippen molar-refractivity contribution in [3.05, 3.63) is 73.9 Å². The molecule has 0 atom stereocenters. The number of ether oxygens (including phenoxy) is 1. The first-order valence-electron chi connectivity index (χ1n) is 7.96. The monoisotopic (exact) mass is 433 g/mol. The van der Waals surface area contributed by atoms with E-state index in [9.17, 15) is 14.4 Å². The molecule has 1 aromatic heterocycles. The summed E-state index contributed by atoms with van der Waals surface area (Å²) >= 11 is 13.2. The van der Waals surface area contributed by atoms with Crippen LogP contribution in [-0.4, -0.2) is 25.3 Å². The van der Waals surface area contributed by atoms with E-state index < -0.39 is 11.9 Å². The summed E-state index contributed by atoms with van der Waals surface area (Å²) in [5.74, 6) is -1.12. The van der Waals surface area contributed by atoms with Gasteiger partial charge in [0, 0.05) is 10.6 Å². The topological polar surface area (TPSA) is 72.5 Å². The molecule has 3 rings (SSSR count). The highest BCUT2D eigenvalue weighted by molar-refractivity contribution is 7.12. The summed E-state index contributed by atoms with van der Waals surface area (Å²) in [6, 6.07) is 11.1. The molecule has 5 nitrogen and oxygen atoms in total. The molecule has 0 aliphatic heterocycles. The van der Waals surface area contributed by atoms with Gasteiger partial charge >= 0.3 is 5.97 Å². The van der Waals surface area contributed by atoms with E-state index in [2.05, 4.69) is 5.32 Å². The molecular formula is C20H13Cl2NO4S. The second-order valence-electron chi connectivity index (χ2n) is 5.65. The minimum absolute atomic E-state index is 0.154. The molecule has 0 aliphatic rings. The molecule has 142 valence electrons.